The molecule has 1 aromatic carbocycles. The van der Waals surface area contributed by atoms with E-state index < -0.39 is 11.7 Å². The van der Waals surface area contributed by atoms with Gasteiger partial charge in [0.15, 0.2) is 0 Å². The molecule has 2 rings (SSSR count). The lowest BCUT2D eigenvalue weighted by Gasteiger charge is -2.19. The van der Waals surface area contributed by atoms with E-state index in [4.69, 9.17) is 9.47 Å². The molecule has 0 atom stereocenters. The number of hydrogen-bond acceptors (Lipinski definition) is 5. The lowest BCUT2D eigenvalue weighted by molar-refractivity contribution is -0.120. The number of carbonyl (C=O) groups excluding carboxylic acids is 2. The van der Waals surface area contributed by atoms with Crippen molar-refractivity contribution in [1.29, 1.82) is 0 Å². The molecule has 0 radical (unpaired) electrons. The second kappa shape index (κ2) is 9.24. The van der Waals surface area contributed by atoms with Crippen LogP contribution in [0.2, 0.25) is 0 Å². The summed E-state index contributed by atoms with van der Waals surface area (Å²) in [6, 6.07) is 10.9. The highest BCUT2D eigenvalue weighted by molar-refractivity contribution is 7.10. The summed E-state index contributed by atoms with van der Waals surface area (Å²) < 4.78 is 10.8. The zero-order valence-electron chi connectivity index (χ0n) is 15.2. The van der Waals surface area contributed by atoms with Crippen molar-refractivity contribution in [2.75, 3.05) is 18.5 Å². The fourth-order valence-corrected chi connectivity index (χ4v) is 2.78. The Morgan fingerprint density at radius 1 is 1.15 bits per heavy atom. The molecule has 0 saturated carbocycles. The molecule has 0 aliphatic carbocycles. The highest BCUT2D eigenvalue weighted by Gasteiger charge is 2.16. The molecule has 1 aromatic heterocycles. The van der Waals surface area contributed by atoms with E-state index in [0.717, 1.165) is 4.88 Å². The average Bonchev–Trinajstić information content (AvgIpc) is 3.03. The van der Waals surface area contributed by atoms with Gasteiger partial charge in [0, 0.05) is 16.6 Å². The Morgan fingerprint density at radius 3 is 2.65 bits per heavy atom. The molecule has 0 spiro atoms. The normalized spacial score (nSPS) is 10.9. The van der Waals surface area contributed by atoms with Gasteiger partial charge in [-0.05, 0) is 44.4 Å². The second-order valence-electron chi connectivity index (χ2n) is 6.61. The van der Waals surface area contributed by atoms with Crippen LogP contribution in [0.25, 0.3) is 0 Å². The Balaban J connectivity index is 1.72. The zero-order valence-corrected chi connectivity index (χ0v) is 16.0. The van der Waals surface area contributed by atoms with Gasteiger partial charge in [0.2, 0.25) is 5.91 Å². The van der Waals surface area contributed by atoms with Crippen LogP contribution in [0.5, 0.6) is 5.75 Å². The van der Waals surface area contributed by atoms with E-state index in [1.165, 1.54) is 0 Å². The highest BCUT2D eigenvalue weighted by atomic mass is 32.1. The molecule has 2 amide bonds. The molecule has 140 valence electrons. The van der Waals surface area contributed by atoms with Crippen molar-refractivity contribution in [3.8, 4) is 5.75 Å². The fourth-order valence-electron chi connectivity index (χ4n) is 2.08. The predicted molar refractivity (Wildman–Crippen MR) is 103 cm³/mol. The van der Waals surface area contributed by atoms with Gasteiger partial charge in [0.1, 0.15) is 18.0 Å². The second-order valence-corrected chi connectivity index (χ2v) is 7.64. The minimum absolute atomic E-state index is 0.0311. The summed E-state index contributed by atoms with van der Waals surface area (Å²) in [6.45, 7) is 6.16. The third-order valence-corrected chi connectivity index (χ3v) is 3.96. The summed E-state index contributed by atoms with van der Waals surface area (Å²) in [7, 11) is 0. The SMILES string of the molecule is CC(C)(C)OC(=O)Nc1cccc(OCCNC(=O)Cc2cccs2)c1. The van der Waals surface area contributed by atoms with Gasteiger partial charge < -0.3 is 14.8 Å². The van der Waals surface area contributed by atoms with Crippen LogP contribution in [0.4, 0.5) is 10.5 Å². The Bertz CT molecular complexity index is 723. The number of ether oxygens (including phenoxy) is 2. The Labute approximate surface area is 157 Å². The van der Waals surface area contributed by atoms with Crippen molar-refractivity contribution in [2.45, 2.75) is 32.8 Å². The molecule has 26 heavy (non-hydrogen) atoms. The Morgan fingerprint density at radius 2 is 1.96 bits per heavy atom. The highest BCUT2D eigenvalue weighted by Crippen LogP contribution is 2.18. The molecule has 0 unspecified atom stereocenters. The van der Waals surface area contributed by atoms with Gasteiger partial charge in [-0.25, -0.2) is 4.79 Å². The summed E-state index contributed by atoms with van der Waals surface area (Å²) in [5, 5.41) is 7.43. The first-order valence-corrected chi connectivity index (χ1v) is 9.22. The molecule has 6 nitrogen and oxygen atoms in total. The summed E-state index contributed by atoms with van der Waals surface area (Å²) >= 11 is 1.56. The van der Waals surface area contributed by atoms with Crippen molar-refractivity contribution >= 4 is 29.0 Å². The van der Waals surface area contributed by atoms with Crippen molar-refractivity contribution in [1.82, 2.24) is 5.32 Å². The van der Waals surface area contributed by atoms with E-state index in [1.54, 1.807) is 56.4 Å². The molecule has 2 aromatic rings. The van der Waals surface area contributed by atoms with E-state index in [2.05, 4.69) is 10.6 Å². The lowest BCUT2D eigenvalue weighted by Crippen LogP contribution is -2.29. The molecule has 2 N–H and O–H groups in total. The number of anilines is 1. The van der Waals surface area contributed by atoms with Crippen LogP contribution in [0, 0.1) is 0 Å². The standard InChI is InChI=1S/C19H24N2O4S/c1-19(2,3)25-18(23)21-14-6-4-7-15(12-14)24-10-9-20-17(22)13-16-8-5-11-26-16/h4-8,11-12H,9-10,13H2,1-3H3,(H,20,22)(H,21,23). The molecule has 0 fully saturated rings. The molecule has 0 aliphatic rings. The topological polar surface area (TPSA) is 76.7 Å². The van der Waals surface area contributed by atoms with Crippen molar-refractivity contribution < 1.29 is 19.1 Å². The maximum atomic E-state index is 11.8. The zero-order chi connectivity index (χ0) is 19.0. The number of rotatable bonds is 7. The number of hydrogen-bond donors (Lipinski definition) is 2. The summed E-state index contributed by atoms with van der Waals surface area (Å²) in [4.78, 5) is 24.6. The largest absolute Gasteiger partial charge is 0.492 e. The Kier molecular flexibility index (Phi) is 7.03. The third kappa shape index (κ3) is 7.57. The van der Waals surface area contributed by atoms with Gasteiger partial charge in [0.05, 0.1) is 13.0 Å². The van der Waals surface area contributed by atoms with Crippen LogP contribution in [0.1, 0.15) is 25.6 Å². The predicted octanol–water partition coefficient (Wildman–Crippen LogP) is 3.83. The third-order valence-electron chi connectivity index (χ3n) is 3.09. The summed E-state index contributed by atoms with van der Waals surface area (Å²) in [5.74, 6) is 0.572. The maximum absolute atomic E-state index is 11.8. The summed E-state index contributed by atoms with van der Waals surface area (Å²) in [6.07, 6.45) is -0.136. The van der Waals surface area contributed by atoms with Crippen LogP contribution in [0.15, 0.2) is 41.8 Å². The van der Waals surface area contributed by atoms with Crippen LogP contribution in [0.3, 0.4) is 0 Å². The van der Waals surface area contributed by atoms with E-state index in [0.29, 0.717) is 31.0 Å². The van der Waals surface area contributed by atoms with E-state index in [1.807, 2.05) is 17.5 Å². The van der Waals surface area contributed by atoms with Crippen LogP contribution < -0.4 is 15.4 Å². The van der Waals surface area contributed by atoms with Gasteiger partial charge in [-0.2, -0.15) is 0 Å². The first kappa shape index (κ1) is 19.8. The van der Waals surface area contributed by atoms with Gasteiger partial charge in [-0.15, -0.1) is 11.3 Å². The van der Waals surface area contributed by atoms with E-state index in [-0.39, 0.29) is 5.91 Å². The van der Waals surface area contributed by atoms with Gasteiger partial charge in [0.25, 0.3) is 0 Å². The number of thiophene rings is 1. The number of carbonyl (C=O) groups is 2. The molecular weight excluding hydrogens is 352 g/mol. The van der Waals surface area contributed by atoms with Crippen LogP contribution >= 0.6 is 11.3 Å². The first-order chi connectivity index (χ1) is 12.3. The smallest absolute Gasteiger partial charge is 0.412 e. The van der Waals surface area contributed by atoms with Crippen molar-refractivity contribution in [2.24, 2.45) is 0 Å². The van der Waals surface area contributed by atoms with E-state index >= 15 is 0 Å². The monoisotopic (exact) mass is 376 g/mol. The maximum Gasteiger partial charge on any atom is 0.412 e. The fraction of sp³-hybridized carbons (Fsp3) is 0.368. The Hall–Kier alpha value is -2.54. The molecular formula is C19H24N2O4S. The molecule has 0 saturated heterocycles. The van der Waals surface area contributed by atoms with E-state index in [9.17, 15) is 9.59 Å². The van der Waals surface area contributed by atoms with Gasteiger partial charge in [-0.3, -0.25) is 10.1 Å². The number of benzene rings is 1. The summed E-state index contributed by atoms with van der Waals surface area (Å²) in [5.41, 5.74) is 0.0259. The van der Waals surface area contributed by atoms with Gasteiger partial charge >= 0.3 is 6.09 Å². The van der Waals surface area contributed by atoms with Crippen molar-refractivity contribution in [3.05, 3.63) is 46.7 Å². The molecule has 1 heterocycles. The molecule has 0 bridgehead atoms. The quantitative estimate of drug-likeness (QED) is 0.720. The molecule has 0 aliphatic heterocycles. The average molecular weight is 376 g/mol. The minimum atomic E-state index is -0.556. The van der Waals surface area contributed by atoms with Crippen LogP contribution in [-0.2, 0) is 16.0 Å². The van der Waals surface area contributed by atoms with Crippen molar-refractivity contribution in [3.63, 3.8) is 0 Å². The number of nitrogens with one attached hydrogen (secondary N) is 2. The van der Waals surface area contributed by atoms with Gasteiger partial charge in [-0.1, -0.05) is 12.1 Å². The lowest BCUT2D eigenvalue weighted by atomic mass is 10.2. The number of amides is 2. The molecule has 7 heteroatoms. The first-order valence-electron chi connectivity index (χ1n) is 8.34. The van der Waals surface area contributed by atoms with Crippen LogP contribution in [-0.4, -0.2) is 30.8 Å². The minimum Gasteiger partial charge on any atom is -0.492 e.